The van der Waals surface area contributed by atoms with Gasteiger partial charge in [-0.15, -0.1) is 0 Å². The van der Waals surface area contributed by atoms with Crippen molar-refractivity contribution in [2.45, 2.75) is 69.5 Å². The van der Waals surface area contributed by atoms with Crippen LogP contribution in [0.2, 0.25) is 0 Å². The van der Waals surface area contributed by atoms with Crippen LogP contribution in [0.25, 0.3) is 33.0 Å². The molecule has 7 rings (SSSR count). The minimum Gasteiger partial charge on any atom is -0.461 e. The van der Waals surface area contributed by atoms with Crippen molar-refractivity contribution < 1.29 is 40.3 Å². The molecule has 2 aromatic carbocycles. The van der Waals surface area contributed by atoms with Crippen molar-refractivity contribution >= 4 is 39.5 Å². The number of carbonyl (C=O) groups excluding carboxylic acids is 1. The number of likely N-dealkylation sites (tertiary alicyclic amines) is 1. The predicted molar refractivity (Wildman–Crippen MR) is 171 cm³/mol. The molecular weight excluding hydrogens is 668 g/mol. The van der Waals surface area contributed by atoms with Gasteiger partial charge in [-0.25, -0.2) is 13.2 Å². The van der Waals surface area contributed by atoms with E-state index in [1.807, 2.05) is 4.90 Å². The minimum absolute atomic E-state index is 0.0342. The maximum atomic E-state index is 17.1. The standard InChI is InChI=1S/C34H33F6N7O3/c1-16-24(7-10-47(16)17(2)48)45(3)31-20-11-22(34(38,39)40)26(19-5-6-23(36)29-25(19)21(13-41)30(42)50-29)27(37)28(20)43-32(44-31)49-15-33-8-4-9-46(33)14-18(35)12-33/h5-6,11,16,18,24H,4,7-10,12,14-15,42H2,1-3H3/t16-,18-,24-,33+/m1/s1. The number of nitrogens with zero attached hydrogens (tertiary/aromatic N) is 6. The summed E-state index contributed by atoms with van der Waals surface area (Å²) < 4.78 is 103. The fourth-order valence-electron chi connectivity index (χ4n) is 8.21. The van der Waals surface area contributed by atoms with Crippen molar-refractivity contribution in [2.24, 2.45) is 0 Å². The van der Waals surface area contributed by atoms with Gasteiger partial charge in [-0.1, -0.05) is 6.07 Å². The highest BCUT2D eigenvalue weighted by molar-refractivity contribution is 6.04. The number of nitriles is 1. The molecule has 264 valence electrons. The molecule has 3 fully saturated rings. The number of amides is 1. The number of nitrogen functional groups attached to an aromatic ring is 1. The van der Waals surface area contributed by atoms with E-state index in [1.54, 1.807) is 29.8 Å². The number of halogens is 6. The van der Waals surface area contributed by atoms with Gasteiger partial charge in [-0.3, -0.25) is 9.69 Å². The third kappa shape index (κ3) is 5.24. The van der Waals surface area contributed by atoms with Gasteiger partial charge in [0, 0.05) is 50.5 Å². The summed E-state index contributed by atoms with van der Waals surface area (Å²) in [4.78, 5) is 26.3. The predicted octanol–water partition coefficient (Wildman–Crippen LogP) is 6.19. The minimum atomic E-state index is -5.15. The van der Waals surface area contributed by atoms with Crippen LogP contribution in [-0.4, -0.2) is 82.8 Å². The number of hydrogen-bond donors (Lipinski definition) is 1. The Bertz CT molecular complexity index is 2080. The molecule has 1 amide bonds. The lowest BCUT2D eigenvalue weighted by atomic mass is 9.92. The maximum absolute atomic E-state index is 17.1. The molecule has 2 N–H and O–H groups in total. The quantitative estimate of drug-likeness (QED) is 0.234. The number of benzene rings is 2. The molecule has 3 saturated heterocycles. The van der Waals surface area contributed by atoms with Gasteiger partial charge in [0.1, 0.15) is 35.7 Å². The third-order valence-electron chi connectivity index (χ3n) is 10.6. The van der Waals surface area contributed by atoms with E-state index in [0.29, 0.717) is 25.9 Å². The highest BCUT2D eigenvalue weighted by Gasteiger charge is 2.49. The van der Waals surface area contributed by atoms with Gasteiger partial charge < -0.3 is 24.7 Å². The average Bonchev–Trinajstić information content (AvgIpc) is 3.80. The monoisotopic (exact) mass is 701 g/mol. The van der Waals surface area contributed by atoms with Crippen LogP contribution in [0.5, 0.6) is 6.01 Å². The second-order valence-corrected chi connectivity index (χ2v) is 13.4. The lowest BCUT2D eigenvalue weighted by Crippen LogP contribution is -2.44. The number of likely N-dealkylation sites (N-methyl/N-ethyl adjacent to an activating group) is 1. The first-order chi connectivity index (χ1) is 23.6. The van der Waals surface area contributed by atoms with E-state index >= 15 is 4.39 Å². The number of carbonyl (C=O) groups is 1. The van der Waals surface area contributed by atoms with Crippen LogP contribution in [0.1, 0.15) is 50.7 Å². The fourth-order valence-corrected chi connectivity index (χ4v) is 8.21. The largest absolute Gasteiger partial charge is 0.461 e. The van der Waals surface area contributed by atoms with Crippen molar-refractivity contribution in [3.8, 4) is 23.2 Å². The topological polar surface area (TPSA) is 125 Å². The molecule has 0 unspecified atom stereocenters. The number of nitrogens with two attached hydrogens (primary N) is 1. The third-order valence-corrected chi connectivity index (χ3v) is 10.6. The molecule has 10 nitrogen and oxygen atoms in total. The smallest absolute Gasteiger partial charge is 0.417 e. The molecule has 0 radical (unpaired) electrons. The zero-order chi connectivity index (χ0) is 35.9. The van der Waals surface area contributed by atoms with Crippen molar-refractivity contribution in [1.29, 1.82) is 5.26 Å². The molecular formula is C34H33F6N7O3. The van der Waals surface area contributed by atoms with Crippen molar-refractivity contribution in [3.05, 3.63) is 41.0 Å². The molecule has 0 aliphatic carbocycles. The van der Waals surface area contributed by atoms with Crippen molar-refractivity contribution in [2.75, 3.05) is 43.9 Å². The average molecular weight is 702 g/mol. The van der Waals surface area contributed by atoms with E-state index in [2.05, 4.69) is 9.97 Å². The second kappa shape index (κ2) is 11.9. The molecule has 0 spiro atoms. The molecule has 5 heterocycles. The normalized spacial score (nSPS) is 23.9. The highest BCUT2D eigenvalue weighted by atomic mass is 19.4. The molecule has 3 aliphatic heterocycles. The summed E-state index contributed by atoms with van der Waals surface area (Å²) in [5.74, 6) is -3.23. The van der Waals surface area contributed by atoms with E-state index in [9.17, 15) is 32.0 Å². The Labute approximate surface area is 282 Å². The number of rotatable bonds is 6. The Morgan fingerprint density at radius 1 is 1.26 bits per heavy atom. The Kier molecular flexibility index (Phi) is 8.04. The van der Waals surface area contributed by atoms with Gasteiger partial charge in [-0.2, -0.15) is 28.4 Å². The Hall–Kier alpha value is -4.78. The Morgan fingerprint density at radius 2 is 2.02 bits per heavy atom. The van der Waals surface area contributed by atoms with Crippen LogP contribution < -0.4 is 15.4 Å². The number of anilines is 2. The van der Waals surface area contributed by atoms with E-state index < -0.39 is 80.2 Å². The van der Waals surface area contributed by atoms with Crippen LogP contribution in [-0.2, 0) is 11.0 Å². The van der Waals surface area contributed by atoms with Gasteiger partial charge >= 0.3 is 12.2 Å². The van der Waals surface area contributed by atoms with Gasteiger partial charge in [0.25, 0.3) is 0 Å². The van der Waals surface area contributed by atoms with Crippen LogP contribution in [0.3, 0.4) is 0 Å². The number of alkyl halides is 4. The number of fused-ring (bicyclic) bond motifs is 3. The van der Waals surface area contributed by atoms with Crippen LogP contribution >= 0.6 is 0 Å². The van der Waals surface area contributed by atoms with E-state index in [1.165, 1.54) is 6.92 Å². The summed E-state index contributed by atoms with van der Waals surface area (Å²) in [7, 11) is 1.59. The fraction of sp³-hybridized carbons (Fsp3) is 0.471. The van der Waals surface area contributed by atoms with Gasteiger partial charge in [0.05, 0.1) is 22.5 Å². The Balaban J connectivity index is 1.45. The second-order valence-electron chi connectivity index (χ2n) is 13.4. The zero-order valence-electron chi connectivity index (χ0n) is 27.4. The van der Waals surface area contributed by atoms with Crippen molar-refractivity contribution in [3.63, 3.8) is 0 Å². The van der Waals surface area contributed by atoms with Crippen LogP contribution in [0.4, 0.5) is 38.0 Å². The van der Waals surface area contributed by atoms with Crippen molar-refractivity contribution in [1.82, 2.24) is 19.8 Å². The summed E-state index contributed by atoms with van der Waals surface area (Å²) >= 11 is 0. The Morgan fingerprint density at radius 3 is 2.70 bits per heavy atom. The molecule has 2 aromatic heterocycles. The molecule has 16 heteroatoms. The van der Waals surface area contributed by atoms with Gasteiger partial charge in [0.15, 0.2) is 17.2 Å². The number of hydrogen-bond acceptors (Lipinski definition) is 9. The molecule has 4 aromatic rings. The molecule has 0 bridgehead atoms. The summed E-state index contributed by atoms with van der Waals surface area (Å²) in [5, 5.41) is 9.04. The summed E-state index contributed by atoms with van der Waals surface area (Å²) in [6, 6.07) is 3.04. The molecule has 0 saturated carbocycles. The van der Waals surface area contributed by atoms with E-state index in [4.69, 9.17) is 14.9 Å². The lowest BCUT2D eigenvalue weighted by molar-refractivity contribution is -0.137. The molecule has 50 heavy (non-hydrogen) atoms. The van der Waals surface area contributed by atoms with Crippen LogP contribution in [0, 0.1) is 23.0 Å². The first kappa shape index (κ1) is 33.7. The summed E-state index contributed by atoms with van der Waals surface area (Å²) in [5.41, 5.74) is 0.622. The van der Waals surface area contributed by atoms with Crippen LogP contribution in [0.15, 0.2) is 22.6 Å². The molecule has 4 atom stereocenters. The van der Waals surface area contributed by atoms with E-state index in [-0.39, 0.29) is 48.7 Å². The lowest BCUT2D eigenvalue weighted by Gasteiger charge is -2.33. The van der Waals surface area contributed by atoms with E-state index in [0.717, 1.165) is 24.6 Å². The summed E-state index contributed by atoms with van der Waals surface area (Å²) in [6.45, 7) is 4.51. The first-order valence-electron chi connectivity index (χ1n) is 16.2. The zero-order valence-corrected chi connectivity index (χ0v) is 27.4. The number of ether oxygens (including phenoxy) is 1. The maximum Gasteiger partial charge on any atom is 0.417 e. The number of furan rings is 1. The molecule has 3 aliphatic rings. The van der Waals surface area contributed by atoms with Gasteiger partial charge in [0.2, 0.25) is 11.8 Å². The first-order valence-corrected chi connectivity index (χ1v) is 16.2. The highest BCUT2D eigenvalue weighted by Crippen LogP contribution is 2.47. The number of aromatic nitrogens is 2. The van der Waals surface area contributed by atoms with Gasteiger partial charge in [-0.05, 0) is 50.4 Å². The summed E-state index contributed by atoms with van der Waals surface area (Å²) in [6.07, 6.45) is -4.07. The SMILES string of the molecule is CC(=O)N1CC[C@@H](N(C)c2nc(OC[C@@]34CCCN3C[C@H](F)C4)nc3c(F)c(-c4ccc(F)c5oc(N)c(C#N)c45)c(C(F)(F)F)cc23)[C@H]1C.